The van der Waals surface area contributed by atoms with Crippen LogP contribution in [0.4, 0.5) is 0 Å². The van der Waals surface area contributed by atoms with Gasteiger partial charge in [0.1, 0.15) is 0 Å². The Labute approximate surface area is 123 Å². The first kappa shape index (κ1) is 13.7. The topological polar surface area (TPSA) is 42.2 Å². The van der Waals surface area contributed by atoms with Crippen molar-refractivity contribution in [1.29, 1.82) is 0 Å². The molecular formula is C16H18ClNO2. The fourth-order valence-corrected chi connectivity index (χ4v) is 3.20. The zero-order valence-electron chi connectivity index (χ0n) is 11.5. The highest BCUT2D eigenvalue weighted by Gasteiger charge is 2.26. The van der Waals surface area contributed by atoms with E-state index < -0.39 is 6.10 Å². The molecule has 0 aliphatic heterocycles. The number of hydrogen-bond donors (Lipinski definition) is 1. The average Bonchev–Trinajstić information content (AvgIpc) is 2.74. The molecule has 3 rings (SSSR count). The summed E-state index contributed by atoms with van der Waals surface area (Å²) < 4.78 is 1.96. The molecule has 3 nitrogen and oxygen atoms in total. The second-order valence-corrected chi connectivity index (χ2v) is 5.85. The van der Waals surface area contributed by atoms with Gasteiger partial charge in [-0.15, -0.1) is 11.6 Å². The number of fused-ring (bicyclic) bond motifs is 3. The lowest BCUT2D eigenvalue weighted by molar-refractivity contribution is 0.0959. The number of carbonyl (C=O) groups excluding carboxylic acids is 1. The highest BCUT2D eigenvalue weighted by Crippen LogP contribution is 2.33. The number of ketones is 1. The van der Waals surface area contributed by atoms with Crippen molar-refractivity contribution in [2.24, 2.45) is 0 Å². The molecule has 0 saturated carbocycles. The molecule has 1 aliphatic carbocycles. The Morgan fingerprint density at radius 1 is 1.40 bits per heavy atom. The molecule has 1 atom stereocenters. The van der Waals surface area contributed by atoms with Gasteiger partial charge in [0.05, 0.1) is 24.2 Å². The fraction of sp³-hybridized carbons (Fsp3) is 0.438. The summed E-state index contributed by atoms with van der Waals surface area (Å²) in [6, 6.07) is 6.22. The Kier molecular flexibility index (Phi) is 3.57. The van der Waals surface area contributed by atoms with Gasteiger partial charge in [0.25, 0.3) is 0 Å². The molecule has 0 saturated heterocycles. The van der Waals surface area contributed by atoms with Crippen LogP contribution in [-0.2, 0) is 13.0 Å². The second-order valence-electron chi connectivity index (χ2n) is 5.54. The monoisotopic (exact) mass is 291 g/mol. The van der Waals surface area contributed by atoms with Crippen molar-refractivity contribution in [3.8, 4) is 0 Å². The van der Waals surface area contributed by atoms with E-state index in [4.69, 9.17) is 11.6 Å². The third kappa shape index (κ3) is 2.15. The number of aliphatic hydroxyl groups is 1. The van der Waals surface area contributed by atoms with Crippen molar-refractivity contribution >= 4 is 28.3 Å². The predicted octanol–water partition coefficient (Wildman–Crippen LogP) is 3.07. The highest BCUT2D eigenvalue weighted by molar-refractivity contribution is 6.18. The van der Waals surface area contributed by atoms with Crippen LogP contribution in [0.2, 0.25) is 0 Å². The third-order valence-corrected chi connectivity index (χ3v) is 4.35. The van der Waals surface area contributed by atoms with Crippen molar-refractivity contribution in [2.45, 2.75) is 38.8 Å². The lowest BCUT2D eigenvalue weighted by Crippen LogP contribution is -2.22. The van der Waals surface area contributed by atoms with Gasteiger partial charge in [-0.2, -0.15) is 0 Å². The van der Waals surface area contributed by atoms with Crippen molar-refractivity contribution in [2.75, 3.05) is 5.88 Å². The van der Waals surface area contributed by atoms with Gasteiger partial charge in [0, 0.05) is 17.3 Å². The van der Waals surface area contributed by atoms with Crippen LogP contribution in [0.1, 0.15) is 34.5 Å². The molecule has 1 heterocycles. The van der Waals surface area contributed by atoms with Gasteiger partial charge in [0.2, 0.25) is 0 Å². The van der Waals surface area contributed by atoms with Gasteiger partial charge >= 0.3 is 0 Å². The first-order valence-electron chi connectivity index (χ1n) is 7.00. The van der Waals surface area contributed by atoms with E-state index in [2.05, 4.69) is 13.0 Å². The van der Waals surface area contributed by atoms with Crippen LogP contribution < -0.4 is 0 Å². The molecule has 1 unspecified atom stereocenters. The maximum absolute atomic E-state index is 12.3. The summed E-state index contributed by atoms with van der Waals surface area (Å²) in [6.45, 7) is 2.44. The van der Waals surface area contributed by atoms with Gasteiger partial charge in [-0.05, 0) is 37.5 Å². The van der Waals surface area contributed by atoms with Crippen molar-refractivity contribution in [1.82, 2.24) is 4.57 Å². The van der Waals surface area contributed by atoms with Gasteiger partial charge < -0.3 is 9.67 Å². The molecule has 0 radical (unpaired) electrons. The van der Waals surface area contributed by atoms with Crippen molar-refractivity contribution in [3.63, 3.8) is 0 Å². The molecule has 1 N–H and O–H groups in total. The molecule has 106 valence electrons. The molecule has 4 heteroatoms. The number of carbonyl (C=O) groups is 1. The van der Waals surface area contributed by atoms with Crippen LogP contribution in [0.15, 0.2) is 18.2 Å². The van der Waals surface area contributed by atoms with Crippen LogP contribution in [0.3, 0.4) is 0 Å². The average molecular weight is 292 g/mol. The predicted molar refractivity (Wildman–Crippen MR) is 80.7 cm³/mol. The third-order valence-electron chi connectivity index (χ3n) is 3.99. The Balaban J connectivity index is 2.25. The number of Topliss-reactive ketones (excluding diaryl/α,β-unsaturated/α-hetero) is 1. The first-order chi connectivity index (χ1) is 9.61. The first-order valence-corrected chi connectivity index (χ1v) is 7.54. The second kappa shape index (κ2) is 5.23. The van der Waals surface area contributed by atoms with E-state index in [0.29, 0.717) is 13.0 Å². The number of alkyl halides is 1. The number of aromatic nitrogens is 1. The van der Waals surface area contributed by atoms with E-state index in [9.17, 15) is 9.90 Å². The smallest absolute Gasteiger partial charge is 0.179 e. The maximum atomic E-state index is 12.3. The number of benzene rings is 1. The Morgan fingerprint density at radius 3 is 2.95 bits per heavy atom. The van der Waals surface area contributed by atoms with E-state index in [-0.39, 0.29) is 11.7 Å². The standard InChI is InChI=1S/C16H18ClNO2/c1-10-5-6-14-13(7-10)12-3-2-4-15(20)16(12)18(14)9-11(19)8-17/h5-7,11,19H,2-4,8-9H2,1H3. The van der Waals surface area contributed by atoms with Gasteiger partial charge in [-0.3, -0.25) is 4.79 Å². The Morgan fingerprint density at radius 2 is 2.20 bits per heavy atom. The molecule has 0 bridgehead atoms. The minimum atomic E-state index is -0.632. The van der Waals surface area contributed by atoms with Gasteiger partial charge in [0.15, 0.2) is 5.78 Å². The van der Waals surface area contributed by atoms with Crippen LogP contribution in [0.25, 0.3) is 10.9 Å². The van der Waals surface area contributed by atoms with E-state index in [1.165, 1.54) is 5.56 Å². The summed E-state index contributed by atoms with van der Waals surface area (Å²) in [5.74, 6) is 0.357. The van der Waals surface area contributed by atoms with Crippen LogP contribution in [0, 0.1) is 6.92 Å². The normalized spacial score (nSPS) is 16.4. The molecule has 20 heavy (non-hydrogen) atoms. The molecule has 1 aliphatic rings. The van der Waals surface area contributed by atoms with Gasteiger partial charge in [-0.1, -0.05) is 11.6 Å². The minimum absolute atomic E-state index is 0.175. The van der Waals surface area contributed by atoms with Crippen molar-refractivity contribution in [3.05, 3.63) is 35.0 Å². The maximum Gasteiger partial charge on any atom is 0.179 e. The molecule has 2 aromatic rings. The van der Waals surface area contributed by atoms with E-state index in [1.54, 1.807) is 0 Å². The van der Waals surface area contributed by atoms with Crippen LogP contribution >= 0.6 is 11.6 Å². The minimum Gasteiger partial charge on any atom is -0.390 e. The lowest BCUT2D eigenvalue weighted by atomic mass is 9.94. The Hall–Kier alpha value is -1.32. The SMILES string of the molecule is Cc1ccc2c(c1)c1c(n2CC(O)CCl)C(=O)CCC1. The fourth-order valence-electron chi connectivity index (χ4n) is 3.10. The zero-order chi connectivity index (χ0) is 14.3. The molecular weight excluding hydrogens is 274 g/mol. The number of aliphatic hydroxyl groups excluding tert-OH is 1. The highest BCUT2D eigenvalue weighted by atomic mass is 35.5. The number of rotatable bonds is 3. The molecule has 1 aromatic heterocycles. The van der Waals surface area contributed by atoms with Crippen LogP contribution in [0.5, 0.6) is 0 Å². The molecule has 0 spiro atoms. The molecule has 0 fully saturated rings. The summed E-state index contributed by atoms with van der Waals surface area (Å²) in [4.78, 5) is 12.3. The summed E-state index contributed by atoms with van der Waals surface area (Å²) in [7, 11) is 0. The Bertz CT molecular complexity index is 675. The summed E-state index contributed by atoms with van der Waals surface area (Å²) in [5.41, 5.74) is 4.14. The van der Waals surface area contributed by atoms with E-state index in [1.807, 2.05) is 16.7 Å². The number of nitrogens with zero attached hydrogens (tertiary/aromatic N) is 1. The van der Waals surface area contributed by atoms with E-state index >= 15 is 0 Å². The molecule has 1 aromatic carbocycles. The lowest BCUT2D eigenvalue weighted by Gasteiger charge is -2.16. The number of hydrogen-bond acceptors (Lipinski definition) is 2. The zero-order valence-corrected chi connectivity index (χ0v) is 12.3. The quantitative estimate of drug-likeness (QED) is 0.883. The van der Waals surface area contributed by atoms with Gasteiger partial charge in [-0.25, -0.2) is 0 Å². The summed E-state index contributed by atoms with van der Waals surface area (Å²) in [6.07, 6.45) is 1.81. The number of aryl methyl sites for hydroxylation is 2. The summed E-state index contributed by atoms with van der Waals surface area (Å²) >= 11 is 5.72. The largest absolute Gasteiger partial charge is 0.390 e. The van der Waals surface area contributed by atoms with Crippen LogP contribution in [-0.4, -0.2) is 27.4 Å². The molecule has 0 amide bonds. The number of halogens is 1. The van der Waals surface area contributed by atoms with E-state index in [0.717, 1.165) is 35.0 Å². The summed E-state index contributed by atoms with van der Waals surface area (Å²) in [5, 5.41) is 11.0. The van der Waals surface area contributed by atoms with Crippen molar-refractivity contribution < 1.29 is 9.90 Å².